The maximum Gasteiger partial charge on any atom is 0.154 e. The molecule has 0 bridgehead atoms. The van der Waals surface area contributed by atoms with Crippen molar-refractivity contribution in [1.82, 2.24) is 9.97 Å². The summed E-state index contributed by atoms with van der Waals surface area (Å²) in [6.07, 6.45) is 2.76. The zero-order valence-corrected chi connectivity index (χ0v) is 14.5. The number of hydrogen-bond acceptors (Lipinski definition) is 7. The second kappa shape index (κ2) is 6.95. The van der Waals surface area contributed by atoms with Gasteiger partial charge in [0.2, 0.25) is 0 Å². The van der Waals surface area contributed by atoms with Gasteiger partial charge in [0.1, 0.15) is 11.5 Å². The Labute approximate surface area is 151 Å². The third-order valence-corrected chi connectivity index (χ3v) is 4.77. The lowest BCUT2D eigenvalue weighted by Gasteiger charge is -2.37. The molecule has 8 heteroatoms. The number of nitrogens with one attached hydrogen (secondary N) is 1. The van der Waals surface area contributed by atoms with Crippen molar-refractivity contribution in [2.45, 2.75) is 18.4 Å². The molecule has 2 heterocycles. The Bertz CT molecular complexity index is 788. The van der Waals surface area contributed by atoms with Crippen molar-refractivity contribution < 1.29 is 5.11 Å². The van der Waals surface area contributed by atoms with Crippen molar-refractivity contribution in [1.29, 1.82) is 5.41 Å². The predicted octanol–water partition coefficient (Wildman–Crippen LogP) is 1.42. The van der Waals surface area contributed by atoms with Crippen LogP contribution in [-0.2, 0) is 0 Å². The van der Waals surface area contributed by atoms with E-state index in [1.165, 1.54) is 0 Å². The van der Waals surface area contributed by atoms with Gasteiger partial charge >= 0.3 is 0 Å². The minimum Gasteiger partial charge on any atom is -0.388 e. The number of aliphatic hydroxyl groups is 1. The molecule has 1 aromatic heterocycles. The number of piperidine rings is 1. The number of anilines is 2. The average Bonchev–Trinajstić information content (AvgIpc) is 2.62. The molecule has 0 amide bonds. The van der Waals surface area contributed by atoms with Crippen molar-refractivity contribution in [2.24, 2.45) is 5.73 Å². The van der Waals surface area contributed by atoms with E-state index >= 15 is 0 Å². The maximum atomic E-state index is 10.2. The molecule has 7 nitrogen and oxygen atoms in total. The van der Waals surface area contributed by atoms with Gasteiger partial charge in [-0.1, -0.05) is 23.7 Å². The number of nitrogens with two attached hydrogens (primary N) is 2. The monoisotopic (exact) mass is 360 g/mol. The van der Waals surface area contributed by atoms with Crippen LogP contribution in [0, 0.1) is 5.41 Å². The van der Waals surface area contributed by atoms with Gasteiger partial charge in [-0.2, -0.15) is 0 Å². The normalized spacial score (nSPS) is 16.7. The third kappa shape index (κ3) is 3.73. The molecule has 0 unspecified atom stereocenters. The first-order valence-electron chi connectivity index (χ1n) is 8.07. The third-order valence-electron chi connectivity index (χ3n) is 4.53. The Morgan fingerprint density at radius 1 is 1.36 bits per heavy atom. The second-order valence-corrected chi connectivity index (χ2v) is 6.70. The van der Waals surface area contributed by atoms with Crippen LogP contribution in [0.5, 0.6) is 0 Å². The first-order chi connectivity index (χ1) is 11.9. The van der Waals surface area contributed by atoms with E-state index in [2.05, 4.69) is 9.97 Å². The zero-order valence-electron chi connectivity index (χ0n) is 13.7. The number of rotatable bonds is 4. The fraction of sp³-hybridized carbons (Fsp3) is 0.353. The van der Waals surface area contributed by atoms with Gasteiger partial charge in [-0.25, -0.2) is 9.97 Å². The zero-order chi connectivity index (χ0) is 18.0. The van der Waals surface area contributed by atoms with Gasteiger partial charge in [-0.3, -0.25) is 5.41 Å². The summed E-state index contributed by atoms with van der Waals surface area (Å²) in [5.74, 6) is 0.835. The second-order valence-electron chi connectivity index (χ2n) is 6.26. The van der Waals surface area contributed by atoms with E-state index in [1.54, 1.807) is 30.5 Å². The molecule has 1 aliphatic rings. The summed E-state index contributed by atoms with van der Waals surface area (Å²) in [6, 6.07) is 6.99. The lowest BCUT2D eigenvalue weighted by molar-refractivity contribution is 0.0249. The van der Waals surface area contributed by atoms with Gasteiger partial charge in [0.15, 0.2) is 5.82 Å². The summed E-state index contributed by atoms with van der Waals surface area (Å²) < 4.78 is 0. The van der Waals surface area contributed by atoms with Crippen molar-refractivity contribution in [2.75, 3.05) is 30.3 Å². The van der Waals surface area contributed by atoms with Crippen LogP contribution in [0.1, 0.15) is 24.1 Å². The molecule has 0 spiro atoms. The highest BCUT2D eigenvalue weighted by Crippen LogP contribution is 2.25. The van der Waals surface area contributed by atoms with Crippen LogP contribution < -0.4 is 16.4 Å². The van der Waals surface area contributed by atoms with Crippen molar-refractivity contribution in [3.63, 3.8) is 0 Å². The smallest absolute Gasteiger partial charge is 0.154 e. The van der Waals surface area contributed by atoms with Crippen LogP contribution in [0.3, 0.4) is 0 Å². The molecule has 0 atom stereocenters. The van der Waals surface area contributed by atoms with E-state index in [-0.39, 0.29) is 18.1 Å². The Morgan fingerprint density at radius 2 is 2.08 bits per heavy atom. The summed E-state index contributed by atoms with van der Waals surface area (Å²) in [4.78, 5) is 10.7. The highest BCUT2D eigenvalue weighted by molar-refractivity contribution is 6.31. The number of halogens is 1. The summed E-state index contributed by atoms with van der Waals surface area (Å²) >= 11 is 5.98. The first-order valence-corrected chi connectivity index (χ1v) is 8.44. The summed E-state index contributed by atoms with van der Waals surface area (Å²) in [7, 11) is 0. The lowest BCUT2D eigenvalue weighted by Crippen LogP contribution is -2.49. The lowest BCUT2D eigenvalue weighted by atomic mass is 9.92. The quantitative estimate of drug-likeness (QED) is 0.611. The molecule has 6 N–H and O–H groups in total. The van der Waals surface area contributed by atoms with Gasteiger partial charge in [0.05, 0.1) is 17.5 Å². The Kier molecular flexibility index (Phi) is 4.89. The molecule has 1 saturated heterocycles. The van der Waals surface area contributed by atoms with E-state index in [4.69, 9.17) is 28.5 Å². The fourth-order valence-corrected chi connectivity index (χ4v) is 3.07. The molecule has 3 rings (SSSR count). The van der Waals surface area contributed by atoms with Gasteiger partial charge < -0.3 is 21.5 Å². The topological polar surface area (TPSA) is 125 Å². The summed E-state index contributed by atoms with van der Waals surface area (Å²) in [5.41, 5.74) is 12.0. The number of hydrogen-bond donors (Lipinski definition) is 4. The van der Waals surface area contributed by atoms with E-state index < -0.39 is 5.60 Å². The molecule has 25 heavy (non-hydrogen) atoms. The molecule has 132 valence electrons. The van der Waals surface area contributed by atoms with Crippen LogP contribution in [-0.4, -0.2) is 46.0 Å². The highest BCUT2D eigenvalue weighted by atomic mass is 35.5. The van der Waals surface area contributed by atoms with Crippen LogP contribution in [0.15, 0.2) is 30.5 Å². The minimum absolute atomic E-state index is 0.176. The van der Waals surface area contributed by atoms with Gasteiger partial charge in [0.25, 0.3) is 0 Å². The standard InChI is InChI=1S/C17H21ClN6O/c18-12-3-1-2-11(8-12)14(20)15-16(21)23-13(9-22-15)24-6-4-17(25,10-19)5-7-24/h1-3,8-9,20,25H,4-7,10,19H2,(H2,21,23). The number of nitrogen functional groups attached to an aromatic ring is 1. The number of benzene rings is 1. The van der Waals surface area contributed by atoms with E-state index in [0.717, 1.165) is 0 Å². The van der Waals surface area contributed by atoms with Crippen LogP contribution in [0.4, 0.5) is 11.6 Å². The van der Waals surface area contributed by atoms with E-state index in [0.29, 0.717) is 48.0 Å². The highest BCUT2D eigenvalue weighted by Gasteiger charge is 2.31. The molecule has 0 saturated carbocycles. The molecule has 0 radical (unpaired) electrons. The molecule has 1 aliphatic heterocycles. The van der Waals surface area contributed by atoms with Gasteiger partial charge in [-0.05, 0) is 25.0 Å². The number of nitrogens with zero attached hydrogens (tertiary/aromatic N) is 3. The summed E-state index contributed by atoms with van der Waals surface area (Å²) in [6.45, 7) is 1.52. The summed E-state index contributed by atoms with van der Waals surface area (Å²) in [5, 5.41) is 19.1. The minimum atomic E-state index is -0.801. The molecule has 2 aromatic rings. The van der Waals surface area contributed by atoms with Gasteiger partial charge in [0, 0.05) is 30.2 Å². The molecule has 1 fully saturated rings. The molecule has 1 aromatic carbocycles. The van der Waals surface area contributed by atoms with Gasteiger partial charge in [-0.15, -0.1) is 0 Å². The molecular weight excluding hydrogens is 340 g/mol. The van der Waals surface area contributed by atoms with Crippen molar-refractivity contribution in [3.8, 4) is 0 Å². The van der Waals surface area contributed by atoms with Crippen LogP contribution >= 0.6 is 11.6 Å². The number of aromatic nitrogens is 2. The SMILES string of the molecule is N=C(c1cccc(Cl)c1)c1ncc(N2CCC(O)(CN)CC2)nc1N. The first kappa shape index (κ1) is 17.6. The van der Waals surface area contributed by atoms with Crippen LogP contribution in [0.2, 0.25) is 5.02 Å². The fourth-order valence-electron chi connectivity index (χ4n) is 2.88. The molecular formula is C17H21ClN6O. The van der Waals surface area contributed by atoms with Crippen molar-refractivity contribution >= 4 is 28.9 Å². The van der Waals surface area contributed by atoms with E-state index in [1.807, 2.05) is 4.90 Å². The maximum absolute atomic E-state index is 10.2. The Balaban J connectivity index is 1.79. The van der Waals surface area contributed by atoms with E-state index in [9.17, 15) is 5.11 Å². The average molecular weight is 361 g/mol. The Morgan fingerprint density at radius 3 is 2.68 bits per heavy atom. The van der Waals surface area contributed by atoms with Crippen LogP contribution in [0.25, 0.3) is 0 Å². The molecule has 0 aliphatic carbocycles. The predicted molar refractivity (Wildman–Crippen MR) is 99.3 cm³/mol. The Hall–Kier alpha value is -2.22. The largest absolute Gasteiger partial charge is 0.388 e. The van der Waals surface area contributed by atoms with Crippen molar-refractivity contribution in [3.05, 3.63) is 46.7 Å².